The fraction of sp³-hybridized carbons (Fsp3) is 0.538. The standard InChI is InChI=1S/C13H24N2/c1-6-9-10-13(7-2)15(5)12-11-14(4)8-3/h6-7,9-10H,1,8,11-12H2,2-5H3/b10-9-,13-7+. The molecule has 0 aliphatic heterocycles. The molecule has 0 aliphatic rings. The van der Waals surface area contributed by atoms with Gasteiger partial charge in [-0.25, -0.2) is 0 Å². The minimum absolute atomic E-state index is 1.05. The molecule has 2 nitrogen and oxygen atoms in total. The molecule has 0 fully saturated rings. The highest BCUT2D eigenvalue weighted by molar-refractivity contribution is 5.19. The average Bonchev–Trinajstić information content (AvgIpc) is 2.26. The lowest BCUT2D eigenvalue weighted by Crippen LogP contribution is -2.29. The summed E-state index contributed by atoms with van der Waals surface area (Å²) >= 11 is 0. The van der Waals surface area contributed by atoms with E-state index in [0.717, 1.165) is 19.6 Å². The van der Waals surface area contributed by atoms with Crippen LogP contribution in [0.2, 0.25) is 0 Å². The van der Waals surface area contributed by atoms with Gasteiger partial charge in [0.05, 0.1) is 0 Å². The van der Waals surface area contributed by atoms with Crippen LogP contribution >= 0.6 is 0 Å². The van der Waals surface area contributed by atoms with Crippen LogP contribution < -0.4 is 0 Å². The Morgan fingerprint density at radius 3 is 2.40 bits per heavy atom. The number of hydrogen-bond donors (Lipinski definition) is 0. The first-order valence-electron chi connectivity index (χ1n) is 5.50. The van der Waals surface area contributed by atoms with Crippen molar-refractivity contribution in [3.63, 3.8) is 0 Å². The molecule has 0 aromatic heterocycles. The van der Waals surface area contributed by atoms with E-state index in [2.05, 4.69) is 56.5 Å². The van der Waals surface area contributed by atoms with Crippen molar-refractivity contribution in [3.05, 3.63) is 36.6 Å². The van der Waals surface area contributed by atoms with Gasteiger partial charge < -0.3 is 9.80 Å². The molecule has 0 heterocycles. The molecule has 2 heteroatoms. The molecular weight excluding hydrogens is 184 g/mol. The molecule has 0 aromatic carbocycles. The van der Waals surface area contributed by atoms with Gasteiger partial charge in [0.1, 0.15) is 0 Å². The molecular formula is C13H24N2. The quantitative estimate of drug-likeness (QED) is 0.593. The maximum atomic E-state index is 3.67. The fourth-order valence-electron chi connectivity index (χ4n) is 1.22. The summed E-state index contributed by atoms with van der Waals surface area (Å²) in [6.07, 6.45) is 7.97. The summed E-state index contributed by atoms with van der Waals surface area (Å²) < 4.78 is 0. The van der Waals surface area contributed by atoms with Gasteiger partial charge >= 0.3 is 0 Å². The lowest BCUT2D eigenvalue weighted by molar-refractivity contribution is 0.300. The normalized spacial score (nSPS) is 12.5. The van der Waals surface area contributed by atoms with E-state index in [1.54, 1.807) is 6.08 Å². The number of rotatable bonds is 7. The topological polar surface area (TPSA) is 6.48 Å². The van der Waals surface area contributed by atoms with E-state index in [0.29, 0.717) is 0 Å². The van der Waals surface area contributed by atoms with Crippen molar-refractivity contribution in [1.29, 1.82) is 0 Å². The zero-order chi connectivity index (χ0) is 11.7. The van der Waals surface area contributed by atoms with Crippen LogP contribution in [0.5, 0.6) is 0 Å². The summed E-state index contributed by atoms with van der Waals surface area (Å²) in [7, 11) is 4.26. The van der Waals surface area contributed by atoms with Gasteiger partial charge in [-0.3, -0.25) is 0 Å². The van der Waals surface area contributed by atoms with Gasteiger partial charge in [-0.15, -0.1) is 0 Å². The molecule has 0 aliphatic carbocycles. The van der Waals surface area contributed by atoms with Crippen LogP contribution in [-0.2, 0) is 0 Å². The minimum Gasteiger partial charge on any atom is -0.374 e. The van der Waals surface area contributed by atoms with Gasteiger partial charge in [-0.2, -0.15) is 0 Å². The maximum Gasteiger partial charge on any atom is 0.0320 e. The van der Waals surface area contributed by atoms with Crippen LogP contribution in [0.4, 0.5) is 0 Å². The highest BCUT2D eigenvalue weighted by Gasteiger charge is 2.01. The Balaban J connectivity index is 4.11. The van der Waals surface area contributed by atoms with Crippen molar-refractivity contribution in [2.45, 2.75) is 13.8 Å². The molecule has 15 heavy (non-hydrogen) atoms. The van der Waals surface area contributed by atoms with Gasteiger partial charge in [0.15, 0.2) is 0 Å². The van der Waals surface area contributed by atoms with Crippen molar-refractivity contribution >= 4 is 0 Å². The van der Waals surface area contributed by atoms with Gasteiger partial charge in [0.2, 0.25) is 0 Å². The van der Waals surface area contributed by atoms with E-state index < -0.39 is 0 Å². The smallest absolute Gasteiger partial charge is 0.0320 e. The number of hydrogen-bond acceptors (Lipinski definition) is 2. The third-order valence-electron chi connectivity index (χ3n) is 2.50. The Bertz CT molecular complexity index is 229. The van der Waals surface area contributed by atoms with Crippen LogP contribution in [0.1, 0.15) is 13.8 Å². The summed E-state index contributed by atoms with van der Waals surface area (Å²) in [5, 5.41) is 0. The Hall–Kier alpha value is -1.02. The molecule has 0 saturated heterocycles. The molecule has 0 aromatic rings. The number of allylic oxidation sites excluding steroid dienone is 4. The van der Waals surface area contributed by atoms with Crippen molar-refractivity contribution in [2.24, 2.45) is 0 Å². The monoisotopic (exact) mass is 208 g/mol. The second-order valence-electron chi connectivity index (χ2n) is 3.63. The summed E-state index contributed by atoms with van der Waals surface area (Å²) in [4.78, 5) is 4.56. The van der Waals surface area contributed by atoms with Gasteiger partial charge in [-0.05, 0) is 26.6 Å². The molecule has 0 N–H and O–H groups in total. The van der Waals surface area contributed by atoms with Crippen LogP contribution in [0.15, 0.2) is 36.6 Å². The van der Waals surface area contributed by atoms with Gasteiger partial charge in [-0.1, -0.05) is 31.7 Å². The van der Waals surface area contributed by atoms with Crippen molar-refractivity contribution in [3.8, 4) is 0 Å². The van der Waals surface area contributed by atoms with E-state index in [4.69, 9.17) is 0 Å². The average molecular weight is 208 g/mol. The Morgan fingerprint density at radius 1 is 1.27 bits per heavy atom. The van der Waals surface area contributed by atoms with Crippen LogP contribution in [0, 0.1) is 0 Å². The minimum atomic E-state index is 1.05. The van der Waals surface area contributed by atoms with Crippen LogP contribution in [0.25, 0.3) is 0 Å². The van der Waals surface area contributed by atoms with Gasteiger partial charge in [0, 0.05) is 25.8 Å². The second kappa shape index (κ2) is 8.30. The Labute approximate surface area is 94.6 Å². The molecule has 0 atom stereocenters. The maximum absolute atomic E-state index is 3.67. The first kappa shape index (κ1) is 14.0. The number of nitrogens with zero attached hydrogens (tertiary/aromatic N) is 2. The molecule has 86 valence electrons. The Kier molecular flexibility index (Phi) is 7.74. The van der Waals surface area contributed by atoms with Crippen LogP contribution in [0.3, 0.4) is 0 Å². The van der Waals surface area contributed by atoms with Crippen LogP contribution in [-0.4, -0.2) is 43.5 Å². The molecule has 0 rings (SSSR count). The first-order chi connectivity index (χ1) is 7.15. The molecule has 0 spiro atoms. The SMILES string of the molecule is C=C/C=C\C(=C/C)N(C)CCN(C)CC. The summed E-state index contributed by atoms with van der Waals surface area (Å²) in [5.74, 6) is 0. The van der Waals surface area contributed by atoms with E-state index in [1.165, 1.54) is 5.70 Å². The van der Waals surface area contributed by atoms with E-state index in [9.17, 15) is 0 Å². The molecule has 0 bridgehead atoms. The third-order valence-corrected chi connectivity index (χ3v) is 2.50. The predicted molar refractivity (Wildman–Crippen MR) is 68.9 cm³/mol. The van der Waals surface area contributed by atoms with E-state index in [1.807, 2.05) is 6.08 Å². The molecule has 0 saturated carbocycles. The summed E-state index contributed by atoms with van der Waals surface area (Å²) in [5.41, 5.74) is 1.24. The third kappa shape index (κ3) is 6.13. The van der Waals surface area contributed by atoms with Crippen molar-refractivity contribution < 1.29 is 0 Å². The second-order valence-corrected chi connectivity index (χ2v) is 3.63. The van der Waals surface area contributed by atoms with Crippen molar-refractivity contribution in [2.75, 3.05) is 33.7 Å². The zero-order valence-electron chi connectivity index (χ0n) is 10.5. The number of likely N-dealkylation sites (N-methyl/N-ethyl adjacent to an activating group) is 2. The predicted octanol–water partition coefficient (Wildman–Crippen LogP) is 2.52. The lowest BCUT2D eigenvalue weighted by atomic mass is 10.3. The molecule has 0 radical (unpaired) electrons. The Morgan fingerprint density at radius 2 is 1.93 bits per heavy atom. The van der Waals surface area contributed by atoms with Gasteiger partial charge in [0.25, 0.3) is 0 Å². The highest BCUT2D eigenvalue weighted by Crippen LogP contribution is 2.03. The molecule has 0 unspecified atom stereocenters. The van der Waals surface area contributed by atoms with E-state index >= 15 is 0 Å². The fourth-order valence-corrected chi connectivity index (χ4v) is 1.22. The van der Waals surface area contributed by atoms with E-state index in [-0.39, 0.29) is 0 Å². The highest BCUT2D eigenvalue weighted by atomic mass is 15.2. The molecule has 0 amide bonds. The summed E-state index contributed by atoms with van der Waals surface area (Å²) in [6, 6.07) is 0. The first-order valence-corrected chi connectivity index (χ1v) is 5.50. The zero-order valence-corrected chi connectivity index (χ0v) is 10.5. The summed E-state index contributed by atoms with van der Waals surface area (Å²) in [6.45, 7) is 11.1. The lowest BCUT2D eigenvalue weighted by Gasteiger charge is -2.23. The largest absolute Gasteiger partial charge is 0.374 e. The van der Waals surface area contributed by atoms with Crippen molar-refractivity contribution in [1.82, 2.24) is 9.80 Å².